The van der Waals surface area contributed by atoms with Crippen LogP contribution in [0.4, 0.5) is 0 Å². The first-order valence-electron chi connectivity index (χ1n) is 5.70. The minimum atomic E-state index is -0.204. The van der Waals surface area contributed by atoms with Crippen molar-refractivity contribution in [3.63, 3.8) is 0 Å². The highest BCUT2D eigenvalue weighted by atomic mass is 35.5. The number of rotatable bonds is 2. The monoisotopic (exact) mass is 239 g/mol. The van der Waals surface area contributed by atoms with Crippen LogP contribution in [0.25, 0.3) is 0 Å². The second-order valence-corrected chi connectivity index (χ2v) is 5.06. The van der Waals surface area contributed by atoms with Gasteiger partial charge in [0.2, 0.25) is 0 Å². The number of benzene rings is 1. The van der Waals surface area contributed by atoms with Crippen LogP contribution in [0, 0.1) is 6.92 Å². The molecule has 1 aromatic rings. The van der Waals surface area contributed by atoms with E-state index in [1.807, 2.05) is 19.1 Å². The van der Waals surface area contributed by atoms with Crippen molar-refractivity contribution in [1.82, 2.24) is 0 Å². The van der Waals surface area contributed by atoms with Gasteiger partial charge < -0.3 is 10.5 Å². The van der Waals surface area contributed by atoms with Gasteiger partial charge in [0.25, 0.3) is 0 Å². The van der Waals surface area contributed by atoms with Gasteiger partial charge in [-0.15, -0.1) is 0 Å². The molecule has 1 saturated carbocycles. The van der Waals surface area contributed by atoms with Crippen LogP contribution in [0.15, 0.2) is 12.1 Å². The first kappa shape index (κ1) is 11.7. The van der Waals surface area contributed by atoms with Crippen molar-refractivity contribution in [3.05, 3.63) is 28.3 Å². The van der Waals surface area contributed by atoms with Crippen LogP contribution in [-0.2, 0) is 5.54 Å². The smallest absolute Gasteiger partial charge is 0.123 e. The maximum atomic E-state index is 6.41. The van der Waals surface area contributed by atoms with Gasteiger partial charge in [0.1, 0.15) is 5.75 Å². The average molecular weight is 240 g/mol. The van der Waals surface area contributed by atoms with E-state index >= 15 is 0 Å². The molecule has 1 aromatic carbocycles. The summed E-state index contributed by atoms with van der Waals surface area (Å²) in [6, 6.07) is 4.03. The molecular weight excluding hydrogens is 222 g/mol. The highest BCUT2D eigenvalue weighted by Crippen LogP contribution is 2.40. The van der Waals surface area contributed by atoms with E-state index in [1.165, 1.54) is 12.8 Å². The maximum absolute atomic E-state index is 6.41. The molecule has 3 heteroatoms. The van der Waals surface area contributed by atoms with Gasteiger partial charge in [-0.25, -0.2) is 0 Å². The molecular formula is C13H18ClNO. The van der Waals surface area contributed by atoms with E-state index in [2.05, 4.69) is 0 Å². The topological polar surface area (TPSA) is 35.2 Å². The molecule has 2 rings (SSSR count). The Labute approximate surface area is 102 Å². The normalized spacial score (nSPS) is 18.8. The molecule has 2 N–H and O–H groups in total. The highest BCUT2D eigenvalue weighted by molar-refractivity contribution is 6.31. The zero-order valence-electron chi connectivity index (χ0n) is 9.85. The minimum absolute atomic E-state index is 0.204. The molecule has 0 aliphatic heterocycles. The molecule has 0 atom stereocenters. The Kier molecular flexibility index (Phi) is 3.13. The summed E-state index contributed by atoms with van der Waals surface area (Å²) in [5.41, 5.74) is 8.29. The Hall–Kier alpha value is -0.730. The third kappa shape index (κ3) is 1.92. The summed E-state index contributed by atoms with van der Waals surface area (Å²) in [6.07, 6.45) is 4.47. The van der Waals surface area contributed by atoms with Crippen molar-refractivity contribution >= 4 is 11.6 Å². The lowest BCUT2D eigenvalue weighted by Crippen LogP contribution is -2.33. The Balaban J connectivity index is 2.45. The molecule has 2 nitrogen and oxygen atoms in total. The van der Waals surface area contributed by atoms with Gasteiger partial charge in [-0.3, -0.25) is 0 Å². The van der Waals surface area contributed by atoms with E-state index in [9.17, 15) is 0 Å². The van der Waals surface area contributed by atoms with Crippen LogP contribution in [0.1, 0.15) is 36.8 Å². The third-order valence-electron chi connectivity index (χ3n) is 3.59. The van der Waals surface area contributed by atoms with Crippen molar-refractivity contribution in [1.29, 1.82) is 0 Å². The summed E-state index contributed by atoms with van der Waals surface area (Å²) in [5, 5.41) is 0.742. The average Bonchev–Trinajstić information content (AvgIpc) is 2.70. The minimum Gasteiger partial charge on any atom is -0.496 e. The molecule has 0 bridgehead atoms. The van der Waals surface area contributed by atoms with E-state index in [4.69, 9.17) is 22.1 Å². The number of nitrogens with two attached hydrogens (primary N) is 1. The molecule has 0 radical (unpaired) electrons. The van der Waals surface area contributed by atoms with Crippen molar-refractivity contribution in [2.24, 2.45) is 5.73 Å². The van der Waals surface area contributed by atoms with E-state index < -0.39 is 0 Å². The molecule has 88 valence electrons. The van der Waals surface area contributed by atoms with E-state index in [0.29, 0.717) is 0 Å². The first-order chi connectivity index (χ1) is 7.57. The molecule has 0 heterocycles. The van der Waals surface area contributed by atoms with E-state index in [1.54, 1.807) is 7.11 Å². The van der Waals surface area contributed by atoms with Crippen LogP contribution in [0.5, 0.6) is 5.75 Å². The summed E-state index contributed by atoms with van der Waals surface area (Å²) in [5.74, 6) is 0.833. The summed E-state index contributed by atoms with van der Waals surface area (Å²) < 4.78 is 5.33. The summed E-state index contributed by atoms with van der Waals surface area (Å²) >= 11 is 6.20. The molecule has 0 saturated heterocycles. The molecule has 0 unspecified atom stereocenters. The largest absolute Gasteiger partial charge is 0.496 e. The molecule has 1 aliphatic rings. The standard InChI is InChI=1S/C13H18ClNO/c1-9-11(14)7-10(8-12(9)16-2)13(15)5-3-4-6-13/h7-8H,3-6,15H2,1-2H3. The first-order valence-corrected chi connectivity index (χ1v) is 6.08. The Morgan fingerprint density at radius 3 is 2.50 bits per heavy atom. The molecule has 1 aliphatic carbocycles. The van der Waals surface area contributed by atoms with Gasteiger partial charge in [0.05, 0.1) is 7.11 Å². The predicted molar refractivity (Wildman–Crippen MR) is 67.1 cm³/mol. The SMILES string of the molecule is COc1cc(C2(N)CCCC2)cc(Cl)c1C. The van der Waals surface area contributed by atoms with Crippen LogP contribution in [-0.4, -0.2) is 7.11 Å². The van der Waals surface area contributed by atoms with Crippen LogP contribution in [0.3, 0.4) is 0 Å². The lowest BCUT2D eigenvalue weighted by atomic mass is 9.88. The fraction of sp³-hybridized carbons (Fsp3) is 0.538. The van der Waals surface area contributed by atoms with Gasteiger partial charge in [-0.1, -0.05) is 24.4 Å². The van der Waals surface area contributed by atoms with Crippen LogP contribution in [0.2, 0.25) is 5.02 Å². The summed E-state index contributed by atoms with van der Waals surface area (Å²) in [4.78, 5) is 0. The van der Waals surface area contributed by atoms with Crippen molar-refractivity contribution in [3.8, 4) is 5.75 Å². The van der Waals surface area contributed by atoms with Gasteiger partial charge in [-0.2, -0.15) is 0 Å². The quantitative estimate of drug-likeness (QED) is 0.859. The Morgan fingerprint density at radius 1 is 1.31 bits per heavy atom. The number of hydrogen-bond acceptors (Lipinski definition) is 2. The molecule has 0 aromatic heterocycles. The predicted octanol–water partition coefficient (Wildman–Crippen LogP) is 3.39. The van der Waals surface area contributed by atoms with Crippen molar-refractivity contribution in [2.45, 2.75) is 38.1 Å². The third-order valence-corrected chi connectivity index (χ3v) is 3.98. The van der Waals surface area contributed by atoms with E-state index in [0.717, 1.165) is 34.7 Å². The Bertz CT molecular complexity index is 397. The highest BCUT2D eigenvalue weighted by Gasteiger charge is 2.32. The maximum Gasteiger partial charge on any atom is 0.123 e. The molecule has 0 spiro atoms. The zero-order valence-corrected chi connectivity index (χ0v) is 10.6. The summed E-state index contributed by atoms with van der Waals surface area (Å²) in [6.45, 7) is 1.96. The van der Waals surface area contributed by atoms with Crippen LogP contribution >= 0.6 is 11.6 Å². The molecule has 0 amide bonds. The van der Waals surface area contributed by atoms with Gasteiger partial charge in [0, 0.05) is 16.1 Å². The number of halogens is 1. The lowest BCUT2D eigenvalue weighted by molar-refractivity contribution is 0.405. The molecule has 1 fully saturated rings. The van der Waals surface area contributed by atoms with Crippen LogP contribution < -0.4 is 10.5 Å². The van der Waals surface area contributed by atoms with Gasteiger partial charge in [-0.05, 0) is 37.5 Å². The number of ether oxygens (including phenoxy) is 1. The summed E-state index contributed by atoms with van der Waals surface area (Å²) in [7, 11) is 1.67. The Morgan fingerprint density at radius 2 is 1.94 bits per heavy atom. The lowest BCUT2D eigenvalue weighted by Gasteiger charge is -2.25. The second kappa shape index (κ2) is 4.27. The van der Waals surface area contributed by atoms with Crippen molar-refractivity contribution in [2.75, 3.05) is 7.11 Å². The zero-order chi connectivity index (χ0) is 11.8. The fourth-order valence-corrected chi connectivity index (χ4v) is 2.66. The number of hydrogen-bond donors (Lipinski definition) is 1. The molecule has 16 heavy (non-hydrogen) atoms. The fourth-order valence-electron chi connectivity index (χ4n) is 2.45. The van der Waals surface area contributed by atoms with Crippen molar-refractivity contribution < 1.29 is 4.74 Å². The second-order valence-electron chi connectivity index (χ2n) is 4.65. The number of methoxy groups -OCH3 is 1. The van der Waals surface area contributed by atoms with E-state index in [-0.39, 0.29) is 5.54 Å². The van der Waals surface area contributed by atoms with Gasteiger partial charge in [0.15, 0.2) is 0 Å². The van der Waals surface area contributed by atoms with Gasteiger partial charge >= 0.3 is 0 Å².